The summed E-state index contributed by atoms with van der Waals surface area (Å²) in [5.41, 5.74) is 0. The van der Waals surface area contributed by atoms with Gasteiger partial charge in [0.2, 0.25) is 0 Å². The number of aliphatic imine (C=N–C) groups is 1. The van der Waals surface area contributed by atoms with E-state index in [4.69, 9.17) is 14.1 Å². The van der Waals surface area contributed by atoms with Gasteiger partial charge in [-0.15, -0.1) is 24.0 Å². The first-order valence-electron chi connectivity index (χ1n) is 11.8. The number of ether oxygens (including phenoxy) is 1. The third-order valence-corrected chi connectivity index (χ3v) is 6.16. The Bertz CT molecular complexity index is 640. The standard InChI is InChI=1S/C23H41N5O2.HI/c1-4-24-23(25-10-5-11-27-12-8-19(2)9-13-27)26-18-21(22-7-6-20(3)30-22)28-14-16-29-17-15-28;/h6-7,19,21H,4-5,8-18H2,1-3H3,(H2,24,25,26);1H. The molecular weight excluding hydrogens is 505 g/mol. The van der Waals surface area contributed by atoms with Crippen LogP contribution in [0.4, 0.5) is 0 Å². The lowest BCUT2D eigenvalue weighted by molar-refractivity contribution is 0.0135. The second-order valence-electron chi connectivity index (χ2n) is 8.64. The Morgan fingerprint density at radius 3 is 2.55 bits per heavy atom. The van der Waals surface area contributed by atoms with Gasteiger partial charge in [0, 0.05) is 26.2 Å². The number of morpholine rings is 1. The number of piperidine rings is 1. The van der Waals surface area contributed by atoms with Crippen molar-refractivity contribution < 1.29 is 9.15 Å². The molecule has 0 spiro atoms. The van der Waals surface area contributed by atoms with E-state index in [0.717, 1.165) is 69.2 Å². The number of nitrogens with one attached hydrogen (secondary N) is 2. The first-order chi connectivity index (χ1) is 14.7. The maximum atomic E-state index is 5.97. The van der Waals surface area contributed by atoms with Gasteiger partial charge in [0.1, 0.15) is 11.5 Å². The third-order valence-electron chi connectivity index (χ3n) is 6.16. The van der Waals surface area contributed by atoms with Crippen molar-refractivity contribution in [2.75, 3.05) is 65.6 Å². The van der Waals surface area contributed by atoms with Crippen LogP contribution in [0.25, 0.3) is 0 Å². The Morgan fingerprint density at radius 1 is 1.16 bits per heavy atom. The zero-order chi connectivity index (χ0) is 21.2. The van der Waals surface area contributed by atoms with Gasteiger partial charge in [0.05, 0.1) is 25.8 Å². The average Bonchev–Trinajstić information content (AvgIpc) is 3.19. The Hall–Kier alpha value is -0.840. The number of rotatable bonds is 9. The molecule has 0 bridgehead atoms. The summed E-state index contributed by atoms with van der Waals surface area (Å²) in [7, 11) is 0. The smallest absolute Gasteiger partial charge is 0.191 e. The molecule has 1 atom stereocenters. The van der Waals surface area contributed by atoms with E-state index in [0.29, 0.717) is 6.54 Å². The van der Waals surface area contributed by atoms with E-state index in [-0.39, 0.29) is 30.0 Å². The number of halogens is 1. The van der Waals surface area contributed by atoms with Gasteiger partial charge >= 0.3 is 0 Å². The molecule has 0 aliphatic carbocycles. The molecule has 0 radical (unpaired) electrons. The number of hydrogen-bond donors (Lipinski definition) is 2. The SMILES string of the molecule is CCNC(=NCC(c1ccc(C)o1)N1CCOCC1)NCCCN1CCC(C)CC1.I. The molecule has 0 amide bonds. The summed E-state index contributed by atoms with van der Waals surface area (Å²) in [6.07, 6.45) is 3.82. The van der Waals surface area contributed by atoms with Gasteiger partial charge in [-0.1, -0.05) is 6.92 Å². The van der Waals surface area contributed by atoms with E-state index in [1.54, 1.807) is 0 Å². The van der Waals surface area contributed by atoms with E-state index >= 15 is 0 Å². The summed E-state index contributed by atoms with van der Waals surface area (Å²) in [5.74, 6) is 3.73. The molecule has 1 aromatic heterocycles. The largest absolute Gasteiger partial charge is 0.465 e. The van der Waals surface area contributed by atoms with Crippen LogP contribution in [-0.2, 0) is 4.74 Å². The minimum atomic E-state index is 0. The van der Waals surface area contributed by atoms with Crippen molar-refractivity contribution >= 4 is 29.9 Å². The normalized spacial score (nSPS) is 20.3. The summed E-state index contributed by atoms with van der Waals surface area (Å²) < 4.78 is 11.5. The second-order valence-corrected chi connectivity index (χ2v) is 8.64. The summed E-state index contributed by atoms with van der Waals surface area (Å²) in [5, 5.41) is 6.92. The van der Waals surface area contributed by atoms with Crippen molar-refractivity contribution in [2.45, 2.75) is 46.1 Å². The number of likely N-dealkylation sites (tertiary alicyclic amines) is 1. The zero-order valence-electron chi connectivity index (χ0n) is 19.6. The van der Waals surface area contributed by atoms with E-state index in [2.05, 4.69) is 40.3 Å². The van der Waals surface area contributed by atoms with Gasteiger partial charge in [-0.2, -0.15) is 0 Å². The molecule has 178 valence electrons. The van der Waals surface area contributed by atoms with Crippen molar-refractivity contribution in [3.05, 3.63) is 23.7 Å². The van der Waals surface area contributed by atoms with Crippen LogP contribution in [0.3, 0.4) is 0 Å². The Kier molecular flexibility index (Phi) is 12.2. The van der Waals surface area contributed by atoms with Gasteiger partial charge in [-0.05, 0) is 70.8 Å². The lowest BCUT2D eigenvalue weighted by Crippen LogP contribution is -2.42. The molecule has 2 N–H and O–H groups in total. The Balaban J connectivity index is 0.00000341. The topological polar surface area (TPSA) is 65.3 Å². The predicted octanol–water partition coefficient (Wildman–Crippen LogP) is 3.26. The Labute approximate surface area is 205 Å². The van der Waals surface area contributed by atoms with Gasteiger partial charge in [0.15, 0.2) is 5.96 Å². The highest BCUT2D eigenvalue weighted by Crippen LogP contribution is 2.24. The molecule has 2 aliphatic heterocycles. The summed E-state index contributed by atoms with van der Waals surface area (Å²) in [6, 6.07) is 4.27. The van der Waals surface area contributed by atoms with E-state index in [1.165, 1.54) is 32.5 Å². The van der Waals surface area contributed by atoms with E-state index in [1.807, 2.05) is 13.0 Å². The van der Waals surface area contributed by atoms with Crippen molar-refractivity contribution in [1.29, 1.82) is 0 Å². The van der Waals surface area contributed by atoms with Gasteiger partial charge < -0.3 is 24.7 Å². The van der Waals surface area contributed by atoms with Crippen LogP contribution in [0.5, 0.6) is 0 Å². The quantitative estimate of drug-likeness (QED) is 0.214. The average molecular weight is 548 g/mol. The minimum absolute atomic E-state index is 0. The van der Waals surface area contributed by atoms with Crippen LogP contribution in [0.1, 0.15) is 50.7 Å². The van der Waals surface area contributed by atoms with Gasteiger partial charge in [-0.3, -0.25) is 9.89 Å². The molecular formula is C23H42IN5O2. The second kappa shape index (κ2) is 14.3. The summed E-state index contributed by atoms with van der Waals surface area (Å²) >= 11 is 0. The molecule has 2 saturated heterocycles. The molecule has 0 saturated carbocycles. The maximum Gasteiger partial charge on any atom is 0.191 e. The highest BCUT2D eigenvalue weighted by atomic mass is 127. The fourth-order valence-corrected chi connectivity index (χ4v) is 4.22. The molecule has 2 aliphatic rings. The molecule has 31 heavy (non-hydrogen) atoms. The number of furan rings is 1. The first-order valence-corrected chi connectivity index (χ1v) is 11.8. The van der Waals surface area contributed by atoms with Crippen LogP contribution in [0.15, 0.2) is 21.5 Å². The lowest BCUT2D eigenvalue weighted by atomic mass is 9.99. The maximum absolute atomic E-state index is 5.97. The first kappa shape index (κ1) is 26.4. The number of hydrogen-bond acceptors (Lipinski definition) is 5. The molecule has 1 unspecified atom stereocenters. The molecule has 7 nitrogen and oxygen atoms in total. The predicted molar refractivity (Wildman–Crippen MR) is 137 cm³/mol. The zero-order valence-corrected chi connectivity index (χ0v) is 21.9. The van der Waals surface area contributed by atoms with E-state index < -0.39 is 0 Å². The van der Waals surface area contributed by atoms with Gasteiger partial charge in [0.25, 0.3) is 0 Å². The Morgan fingerprint density at radius 2 is 1.90 bits per heavy atom. The minimum Gasteiger partial charge on any atom is -0.465 e. The van der Waals surface area contributed by atoms with Gasteiger partial charge in [-0.25, -0.2) is 0 Å². The molecule has 3 rings (SSSR count). The fourth-order valence-electron chi connectivity index (χ4n) is 4.22. The van der Waals surface area contributed by atoms with Crippen LogP contribution < -0.4 is 10.6 Å². The van der Waals surface area contributed by atoms with Crippen LogP contribution in [0.2, 0.25) is 0 Å². The van der Waals surface area contributed by atoms with Crippen molar-refractivity contribution in [2.24, 2.45) is 10.9 Å². The van der Waals surface area contributed by atoms with Crippen molar-refractivity contribution in [3.8, 4) is 0 Å². The summed E-state index contributed by atoms with van der Waals surface area (Å²) in [6.45, 7) is 16.0. The van der Waals surface area contributed by atoms with Crippen LogP contribution >= 0.6 is 24.0 Å². The van der Waals surface area contributed by atoms with Crippen molar-refractivity contribution in [3.63, 3.8) is 0 Å². The lowest BCUT2D eigenvalue weighted by Gasteiger charge is -2.32. The molecule has 1 aromatic rings. The highest BCUT2D eigenvalue weighted by Gasteiger charge is 2.25. The third kappa shape index (κ3) is 8.90. The van der Waals surface area contributed by atoms with Crippen LogP contribution in [-0.4, -0.2) is 81.3 Å². The van der Waals surface area contributed by atoms with E-state index in [9.17, 15) is 0 Å². The molecule has 0 aromatic carbocycles. The fraction of sp³-hybridized carbons (Fsp3) is 0.783. The number of aryl methyl sites for hydroxylation is 1. The van der Waals surface area contributed by atoms with Crippen LogP contribution in [0, 0.1) is 12.8 Å². The molecule has 8 heteroatoms. The monoisotopic (exact) mass is 547 g/mol. The van der Waals surface area contributed by atoms with Crippen molar-refractivity contribution in [1.82, 2.24) is 20.4 Å². The highest BCUT2D eigenvalue weighted by molar-refractivity contribution is 14.0. The molecule has 3 heterocycles. The number of guanidine groups is 1. The number of nitrogens with zero attached hydrogens (tertiary/aromatic N) is 3. The summed E-state index contributed by atoms with van der Waals surface area (Å²) in [4.78, 5) is 9.93. The molecule has 2 fully saturated rings.